The van der Waals surface area contributed by atoms with Crippen LogP contribution in [0.15, 0.2) is 54.6 Å². The minimum Gasteiger partial charge on any atom is -0.488 e. The van der Waals surface area contributed by atoms with E-state index in [-0.39, 0.29) is 5.91 Å². The van der Waals surface area contributed by atoms with Crippen LogP contribution in [0.4, 0.5) is 5.95 Å². The first-order chi connectivity index (χ1) is 12.3. The van der Waals surface area contributed by atoms with Crippen LogP contribution in [0.3, 0.4) is 0 Å². The number of benzene rings is 2. The van der Waals surface area contributed by atoms with Crippen molar-refractivity contribution in [1.29, 1.82) is 0 Å². The molecule has 25 heavy (non-hydrogen) atoms. The van der Waals surface area contributed by atoms with Gasteiger partial charge in [-0.1, -0.05) is 24.3 Å². The number of H-pyrrole nitrogens is 1. The predicted octanol–water partition coefficient (Wildman–Crippen LogP) is 4.44. The van der Waals surface area contributed by atoms with Crippen LogP contribution in [0.2, 0.25) is 0 Å². The molecule has 4 aromatic rings. The first-order valence-corrected chi connectivity index (χ1v) is 8.70. The van der Waals surface area contributed by atoms with Crippen molar-refractivity contribution in [3.05, 3.63) is 65.0 Å². The molecule has 0 saturated heterocycles. The third-order valence-corrected chi connectivity index (χ3v) is 5.38. The summed E-state index contributed by atoms with van der Waals surface area (Å²) in [6.45, 7) is 0.487. The van der Waals surface area contributed by atoms with Crippen LogP contribution >= 0.6 is 11.3 Å². The number of imidazole rings is 1. The topological polar surface area (TPSA) is 67.0 Å². The maximum Gasteiger partial charge on any atom is 0.268 e. The first kappa shape index (κ1) is 14.2. The van der Waals surface area contributed by atoms with Crippen molar-refractivity contribution >= 4 is 34.2 Å². The van der Waals surface area contributed by atoms with Crippen molar-refractivity contribution in [2.75, 3.05) is 5.32 Å². The summed E-state index contributed by atoms with van der Waals surface area (Å²) in [7, 11) is 0. The van der Waals surface area contributed by atoms with Crippen LogP contribution in [0.25, 0.3) is 21.5 Å². The largest absolute Gasteiger partial charge is 0.488 e. The average Bonchev–Trinajstić information content (AvgIpc) is 3.25. The Labute approximate surface area is 147 Å². The summed E-state index contributed by atoms with van der Waals surface area (Å²) in [6.07, 6.45) is 0. The quantitative estimate of drug-likeness (QED) is 0.563. The van der Waals surface area contributed by atoms with Gasteiger partial charge in [0.15, 0.2) is 0 Å². The summed E-state index contributed by atoms with van der Waals surface area (Å²) in [5.74, 6) is 1.14. The van der Waals surface area contributed by atoms with E-state index in [9.17, 15) is 4.79 Å². The van der Waals surface area contributed by atoms with Gasteiger partial charge in [-0.05, 0) is 30.3 Å². The van der Waals surface area contributed by atoms with Gasteiger partial charge in [0.2, 0.25) is 5.95 Å². The molecule has 0 fully saturated rings. The lowest BCUT2D eigenvalue weighted by atomic mass is 10.1. The number of carbonyl (C=O) groups is 1. The molecule has 2 aromatic heterocycles. The van der Waals surface area contributed by atoms with Gasteiger partial charge in [0, 0.05) is 16.0 Å². The van der Waals surface area contributed by atoms with E-state index in [0.29, 0.717) is 17.4 Å². The van der Waals surface area contributed by atoms with Gasteiger partial charge in [0.05, 0.1) is 15.9 Å². The van der Waals surface area contributed by atoms with Crippen molar-refractivity contribution in [3.8, 4) is 16.2 Å². The SMILES string of the molecule is O=C(Nc1nc2ccccc2[nH]1)c1cc2c(s1)-c1ccccc1OC2. The molecular formula is C19H13N3O2S. The number of amides is 1. The Morgan fingerprint density at radius 3 is 2.92 bits per heavy atom. The van der Waals surface area contributed by atoms with Crippen molar-refractivity contribution in [2.45, 2.75) is 6.61 Å². The number of aromatic amines is 1. The third-order valence-electron chi connectivity index (χ3n) is 4.17. The Balaban J connectivity index is 1.46. The number of anilines is 1. The number of fused-ring (bicyclic) bond motifs is 4. The molecule has 0 unspecified atom stereocenters. The van der Waals surface area contributed by atoms with Crippen LogP contribution in [0, 0.1) is 0 Å². The normalized spacial score (nSPS) is 12.3. The highest BCUT2D eigenvalue weighted by atomic mass is 32.1. The van der Waals surface area contributed by atoms with Gasteiger partial charge in [-0.3, -0.25) is 10.1 Å². The molecular weight excluding hydrogens is 334 g/mol. The van der Waals surface area contributed by atoms with Crippen LogP contribution < -0.4 is 10.1 Å². The standard InChI is InChI=1S/C19H13N3O2S/c23-18(22-19-20-13-6-2-3-7-14(13)21-19)16-9-11-10-24-15-8-4-1-5-12(15)17(11)25-16/h1-9H,10H2,(H2,20,21,22,23). The molecule has 122 valence electrons. The van der Waals surface area contributed by atoms with Gasteiger partial charge in [-0.25, -0.2) is 4.98 Å². The van der Waals surface area contributed by atoms with E-state index < -0.39 is 0 Å². The molecule has 0 spiro atoms. The molecule has 5 rings (SSSR count). The third kappa shape index (κ3) is 2.38. The summed E-state index contributed by atoms with van der Waals surface area (Å²) in [5.41, 5.74) is 3.80. The summed E-state index contributed by atoms with van der Waals surface area (Å²) < 4.78 is 5.76. The zero-order chi connectivity index (χ0) is 16.8. The van der Waals surface area contributed by atoms with Crippen molar-refractivity contribution in [2.24, 2.45) is 0 Å². The summed E-state index contributed by atoms with van der Waals surface area (Å²) in [6, 6.07) is 17.5. The van der Waals surface area contributed by atoms with E-state index >= 15 is 0 Å². The highest BCUT2D eigenvalue weighted by Crippen LogP contribution is 2.42. The number of ether oxygens (including phenoxy) is 1. The van der Waals surface area contributed by atoms with Gasteiger partial charge in [0.25, 0.3) is 5.91 Å². The molecule has 1 aliphatic heterocycles. The van der Waals surface area contributed by atoms with E-state index in [0.717, 1.165) is 32.8 Å². The molecule has 0 atom stereocenters. The van der Waals surface area contributed by atoms with Gasteiger partial charge >= 0.3 is 0 Å². The smallest absolute Gasteiger partial charge is 0.268 e. The van der Waals surface area contributed by atoms with E-state index in [1.54, 1.807) is 0 Å². The van der Waals surface area contributed by atoms with Crippen LogP contribution in [0.1, 0.15) is 15.2 Å². The summed E-state index contributed by atoms with van der Waals surface area (Å²) in [4.78, 5) is 21.9. The van der Waals surface area contributed by atoms with Gasteiger partial charge in [-0.15, -0.1) is 11.3 Å². The Hall–Kier alpha value is -3.12. The fourth-order valence-electron chi connectivity index (χ4n) is 2.99. The number of nitrogens with zero attached hydrogens (tertiary/aromatic N) is 1. The molecule has 5 nitrogen and oxygen atoms in total. The fraction of sp³-hybridized carbons (Fsp3) is 0.0526. The van der Waals surface area contributed by atoms with Crippen molar-refractivity contribution < 1.29 is 9.53 Å². The molecule has 0 aliphatic carbocycles. The zero-order valence-electron chi connectivity index (χ0n) is 13.1. The monoisotopic (exact) mass is 347 g/mol. The second-order valence-corrected chi connectivity index (χ2v) is 6.86. The number of para-hydroxylation sites is 3. The van der Waals surface area contributed by atoms with E-state index in [1.807, 2.05) is 54.6 Å². The van der Waals surface area contributed by atoms with E-state index in [1.165, 1.54) is 11.3 Å². The van der Waals surface area contributed by atoms with Gasteiger partial charge in [0.1, 0.15) is 12.4 Å². The van der Waals surface area contributed by atoms with Crippen LogP contribution in [-0.2, 0) is 6.61 Å². The lowest BCUT2D eigenvalue weighted by Crippen LogP contribution is -2.11. The average molecular weight is 347 g/mol. The summed E-state index contributed by atoms with van der Waals surface area (Å²) in [5, 5.41) is 2.84. The highest BCUT2D eigenvalue weighted by molar-refractivity contribution is 7.17. The Morgan fingerprint density at radius 2 is 2.00 bits per heavy atom. The van der Waals surface area contributed by atoms with Crippen molar-refractivity contribution in [3.63, 3.8) is 0 Å². The highest BCUT2D eigenvalue weighted by Gasteiger charge is 2.22. The number of carbonyl (C=O) groups excluding carboxylic acids is 1. The van der Waals surface area contributed by atoms with Crippen molar-refractivity contribution in [1.82, 2.24) is 9.97 Å². The molecule has 6 heteroatoms. The van der Waals surface area contributed by atoms with Crippen LogP contribution in [0.5, 0.6) is 5.75 Å². The van der Waals surface area contributed by atoms with E-state index in [2.05, 4.69) is 15.3 Å². The molecule has 1 aliphatic rings. The Morgan fingerprint density at radius 1 is 1.16 bits per heavy atom. The second kappa shape index (κ2) is 5.46. The minimum atomic E-state index is -0.170. The van der Waals surface area contributed by atoms with Gasteiger partial charge < -0.3 is 9.72 Å². The Kier molecular flexibility index (Phi) is 3.11. The molecule has 0 radical (unpaired) electrons. The molecule has 1 amide bonds. The van der Waals surface area contributed by atoms with Crippen LogP contribution in [-0.4, -0.2) is 15.9 Å². The maximum atomic E-state index is 12.6. The number of aromatic nitrogens is 2. The predicted molar refractivity (Wildman–Crippen MR) is 98.1 cm³/mol. The van der Waals surface area contributed by atoms with E-state index in [4.69, 9.17) is 4.74 Å². The second-order valence-electron chi connectivity index (χ2n) is 5.81. The maximum absolute atomic E-state index is 12.6. The van der Waals surface area contributed by atoms with Gasteiger partial charge in [-0.2, -0.15) is 0 Å². The number of hydrogen-bond donors (Lipinski definition) is 2. The first-order valence-electron chi connectivity index (χ1n) is 7.89. The fourth-order valence-corrected chi connectivity index (χ4v) is 4.08. The molecule has 2 N–H and O–H groups in total. The number of rotatable bonds is 2. The molecule has 2 aromatic carbocycles. The number of thiophene rings is 1. The number of nitrogens with one attached hydrogen (secondary N) is 2. The lowest BCUT2D eigenvalue weighted by Gasteiger charge is -2.16. The Bertz CT molecular complexity index is 1080. The zero-order valence-corrected chi connectivity index (χ0v) is 13.9. The minimum absolute atomic E-state index is 0.170. The molecule has 0 saturated carbocycles. The summed E-state index contributed by atoms with van der Waals surface area (Å²) >= 11 is 1.48. The number of hydrogen-bond acceptors (Lipinski definition) is 4. The lowest BCUT2D eigenvalue weighted by molar-refractivity contribution is 0.102. The molecule has 3 heterocycles. The molecule has 0 bridgehead atoms.